The predicted octanol–water partition coefficient (Wildman–Crippen LogP) is 3.69. The maximum Gasteiger partial charge on any atom is 0.231 e. The number of amides is 1. The number of fused-ring (bicyclic) bond motifs is 1. The molecule has 2 aromatic heterocycles. The number of aromatic nitrogens is 2. The van der Waals surface area contributed by atoms with Gasteiger partial charge in [-0.3, -0.25) is 4.79 Å². The molecule has 4 rings (SSSR count). The standard InChI is InChI=1S/C23H28N4O3/c1-14-15(2)30-23-20(14)21(25-16(3)26-23)27-10-8-18(9-11-27)22(28)24-13-17-6-5-7-19(12-17)29-4/h5-7,12,18H,8-11,13H2,1-4H3,(H,24,28). The lowest BCUT2D eigenvalue weighted by Crippen LogP contribution is -2.40. The van der Waals surface area contributed by atoms with Gasteiger partial charge in [0.05, 0.1) is 12.5 Å². The average molecular weight is 409 g/mol. The van der Waals surface area contributed by atoms with E-state index in [4.69, 9.17) is 14.1 Å². The number of rotatable bonds is 5. The van der Waals surface area contributed by atoms with Crippen LogP contribution in [0.3, 0.4) is 0 Å². The first kappa shape index (κ1) is 20.2. The van der Waals surface area contributed by atoms with Gasteiger partial charge in [0.2, 0.25) is 11.6 Å². The van der Waals surface area contributed by atoms with Crippen molar-refractivity contribution in [1.82, 2.24) is 15.3 Å². The zero-order chi connectivity index (χ0) is 21.3. The van der Waals surface area contributed by atoms with Crippen LogP contribution >= 0.6 is 0 Å². The largest absolute Gasteiger partial charge is 0.497 e. The molecule has 7 nitrogen and oxygen atoms in total. The number of nitrogens with zero attached hydrogens (tertiary/aromatic N) is 3. The summed E-state index contributed by atoms with van der Waals surface area (Å²) in [4.78, 5) is 24.1. The van der Waals surface area contributed by atoms with Gasteiger partial charge in [-0.1, -0.05) is 12.1 Å². The van der Waals surface area contributed by atoms with E-state index in [1.165, 1.54) is 0 Å². The lowest BCUT2D eigenvalue weighted by Gasteiger charge is -2.32. The van der Waals surface area contributed by atoms with Gasteiger partial charge in [0.25, 0.3) is 0 Å². The predicted molar refractivity (Wildman–Crippen MR) is 116 cm³/mol. The smallest absolute Gasteiger partial charge is 0.231 e. The average Bonchev–Trinajstić information content (AvgIpc) is 3.05. The lowest BCUT2D eigenvalue weighted by atomic mass is 9.95. The highest BCUT2D eigenvalue weighted by molar-refractivity contribution is 5.90. The van der Waals surface area contributed by atoms with Crippen molar-refractivity contribution in [1.29, 1.82) is 0 Å². The lowest BCUT2D eigenvalue weighted by molar-refractivity contribution is -0.125. The Morgan fingerprint density at radius 3 is 2.73 bits per heavy atom. The Hall–Kier alpha value is -3.09. The van der Waals surface area contributed by atoms with E-state index in [-0.39, 0.29) is 11.8 Å². The first-order valence-corrected chi connectivity index (χ1v) is 10.4. The van der Waals surface area contributed by atoms with Crippen molar-refractivity contribution in [3.63, 3.8) is 0 Å². The minimum Gasteiger partial charge on any atom is -0.497 e. The summed E-state index contributed by atoms with van der Waals surface area (Å²) in [6, 6.07) is 7.77. The zero-order valence-electron chi connectivity index (χ0n) is 18.0. The molecule has 0 atom stereocenters. The molecule has 0 spiro atoms. The van der Waals surface area contributed by atoms with Crippen LogP contribution in [0.5, 0.6) is 5.75 Å². The molecule has 0 saturated carbocycles. The number of methoxy groups -OCH3 is 1. The van der Waals surface area contributed by atoms with Gasteiger partial charge in [0, 0.05) is 31.1 Å². The van der Waals surface area contributed by atoms with Crippen LogP contribution in [0.2, 0.25) is 0 Å². The number of carbonyl (C=O) groups is 1. The summed E-state index contributed by atoms with van der Waals surface area (Å²) in [6.45, 7) is 7.96. The Bertz CT molecular complexity index is 1070. The molecule has 1 aliphatic rings. The summed E-state index contributed by atoms with van der Waals surface area (Å²) in [5.41, 5.74) is 2.76. The fourth-order valence-electron chi connectivity index (χ4n) is 4.03. The van der Waals surface area contributed by atoms with E-state index < -0.39 is 0 Å². The van der Waals surface area contributed by atoms with Gasteiger partial charge in [0.15, 0.2) is 0 Å². The summed E-state index contributed by atoms with van der Waals surface area (Å²) in [6.07, 6.45) is 1.59. The zero-order valence-corrected chi connectivity index (χ0v) is 18.0. The second-order valence-electron chi connectivity index (χ2n) is 7.89. The maximum absolute atomic E-state index is 12.7. The minimum atomic E-state index is 0.0115. The summed E-state index contributed by atoms with van der Waals surface area (Å²) < 4.78 is 11.1. The summed E-state index contributed by atoms with van der Waals surface area (Å²) in [5.74, 6) is 3.41. The van der Waals surface area contributed by atoms with Crippen LogP contribution in [0.4, 0.5) is 5.82 Å². The van der Waals surface area contributed by atoms with Crippen molar-refractivity contribution in [3.05, 3.63) is 47.0 Å². The summed E-state index contributed by atoms with van der Waals surface area (Å²) in [7, 11) is 1.64. The fraction of sp³-hybridized carbons (Fsp3) is 0.435. The first-order valence-electron chi connectivity index (χ1n) is 10.4. The van der Waals surface area contributed by atoms with E-state index in [0.717, 1.165) is 59.8 Å². The van der Waals surface area contributed by atoms with Gasteiger partial charge < -0.3 is 19.4 Å². The summed E-state index contributed by atoms with van der Waals surface area (Å²) in [5, 5.41) is 4.06. The fourth-order valence-corrected chi connectivity index (χ4v) is 4.03. The van der Waals surface area contributed by atoms with Crippen molar-refractivity contribution in [2.75, 3.05) is 25.1 Å². The first-order chi connectivity index (χ1) is 14.5. The van der Waals surface area contributed by atoms with Crippen molar-refractivity contribution < 1.29 is 13.9 Å². The molecule has 158 valence electrons. The number of nitrogens with one attached hydrogen (secondary N) is 1. The third-order valence-electron chi connectivity index (χ3n) is 5.89. The van der Waals surface area contributed by atoms with Crippen molar-refractivity contribution in [3.8, 4) is 5.75 Å². The van der Waals surface area contributed by atoms with Crippen molar-refractivity contribution >= 4 is 22.8 Å². The van der Waals surface area contributed by atoms with Crippen LogP contribution in [0.15, 0.2) is 28.7 Å². The van der Waals surface area contributed by atoms with Gasteiger partial charge >= 0.3 is 0 Å². The van der Waals surface area contributed by atoms with Gasteiger partial charge in [0.1, 0.15) is 23.2 Å². The van der Waals surface area contributed by atoms with Gasteiger partial charge in [-0.25, -0.2) is 4.98 Å². The molecule has 3 aromatic rings. The third kappa shape index (κ3) is 3.97. The maximum atomic E-state index is 12.7. The molecule has 0 radical (unpaired) electrons. The molecular formula is C23H28N4O3. The van der Waals surface area contributed by atoms with Crippen LogP contribution in [0, 0.1) is 26.7 Å². The number of hydrogen-bond donors (Lipinski definition) is 1. The summed E-state index contributed by atoms with van der Waals surface area (Å²) >= 11 is 0. The molecule has 0 aliphatic carbocycles. The van der Waals surface area contributed by atoms with Crippen molar-refractivity contribution in [2.45, 2.75) is 40.2 Å². The van der Waals surface area contributed by atoms with Crippen molar-refractivity contribution in [2.24, 2.45) is 5.92 Å². The molecular weight excluding hydrogens is 380 g/mol. The molecule has 1 fully saturated rings. The molecule has 0 bridgehead atoms. The number of anilines is 1. The van der Waals surface area contributed by atoms with Crippen LogP contribution in [-0.2, 0) is 11.3 Å². The Morgan fingerprint density at radius 2 is 2.00 bits per heavy atom. The molecule has 3 heterocycles. The highest BCUT2D eigenvalue weighted by Gasteiger charge is 2.28. The highest BCUT2D eigenvalue weighted by atomic mass is 16.5. The minimum absolute atomic E-state index is 0.0115. The number of hydrogen-bond acceptors (Lipinski definition) is 6. The van der Waals surface area contributed by atoms with Crippen LogP contribution in [-0.4, -0.2) is 36.1 Å². The van der Waals surface area contributed by atoms with E-state index in [0.29, 0.717) is 18.1 Å². The SMILES string of the molecule is COc1cccc(CNC(=O)C2CCN(c3nc(C)nc4oc(C)c(C)c34)CC2)c1. The van der Waals surface area contributed by atoms with Crippen LogP contribution in [0.25, 0.3) is 11.1 Å². The highest BCUT2D eigenvalue weighted by Crippen LogP contribution is 2.33. The molecule has 1 saturated heterocycles. The van der Waals surface area contributed by atoms with Crippen LogP contribution in [0.1, 0.15) is 35.6 Å². The number of ether oxygens (including phenoxy) is 1. The molecule has 30 heavy (non-hydrogen) atoms. The van der Waals surface area contributed by atoms with E-state index in [2.05, 4.69) is 15.2 Å². The number of carbonyl (C=O) groups excluding carboxylic acids is 1. The third-order valence-corrected chi connectivity index (χ3v) is 5.89. The Kier molecular flexibility index (Phi) is 5.61. The topological polar surface area (TPSA) is 80.5 Å². The molecule has 0 unspecified atom stereocenters. The second kappa shape index (κ2) is 8.34. The van der Waals surface area contributed by atoms with E-state index >= 15 is 0 Å². The Morgan fingerprint density at radius 1 is 1.23 bits per heavy atom. The van der Waals surface area contributed by atoms with Gasteiger partial charge in [-0.05, 0) is 51.3 Å². The van der Waals surface area contributed by atoms with E-state index in [1.807, 2.05) is 45.0 Å². The van der Waals surface area contributed by atoms with Gasteiger partial charge in [-0.15, -0.1) is 0 Å². The monoisotopic (exact) mass is 408 g/mol. The van der Waals surface area contributed by atoms with E-state index in [9.17, 15) is 4.79 Å². The second-order valence-corrected chi connectivity index (χ2v) is 7.89. The molecule has 7 heteroatoms. The number of aryl methyl sites for hydroxylation is 3. The number of furan rings is 1. The van der Waals surface area contributed by atoms with Crippen LogP contribution < -0.4 is 15.0 Å². The molecule has 1 aliphatic heterocycles. The normalized spacial score (nSPS) is 14.9. The number of piperidine rings is 1. The quantitative estimate of drug-likeness (QED) is 0.694. The van der Waals surface area contributed by atoms with E-state index in [1.54, 1.807) is 7.11 Å². The Labute approximate surface area is 176 Å². The number of benzene rings is 1. The molecule has 1 amide bonds. The molecule has 1 aromatic carbocycles. The van der Waals surface area contributed by atoms with Gasteiger partial charge in [-0.2, -0.15) is 4.98 Å². The Balaban J connectivity index is 1.40. The molecule has 1 N–H and O–H groups in total.